The summed E-state index contributed by atoms with van der Waals surface area (Å²) < 4.78 is 10.9. The third-order valence-corrected chi connectivity index (χ3v) is 3.48. The lowest BCUT2D eigenvalue weighted by molar-refractivity contribution is -0.0256. The van der Waals surface area contributed by atoms with Crippen molar-refractivity contribution >= 4 is 5.97 Å². The van der Waals surface area contributed by atoms with Crippen molar-refractivity contribution in [1.82, 2.24) is 4.98 Å². The van der Waals surface area contributed by atoms with E-state index in [4.69, 9.17) is 14.3 Å². The SMILES string of the molecule is CCCc1nc(CC2CC(OCC)C2)oc1C(=O)O. The summed E-state index contributed by atoms with van der Waals surface area (Å²) in [5.41, 5.74) is 0.575. The highest BCUT2D eigenvalue weighted by Gasteiger charge is 2.31. The first-order chi connectivity index (χ1) is 9.13. The third-order valence-electron chi connectivity index (χ3n) is 3.48. The van der Waals surface area contributed by atoms with Crippen LogP contribution in [-0.2, 0) is 17.6 Å². The molecule has 5 nitrogen and oxygen atoms in total. The molecule has 0 radical (unpaired) electrons. The van der Waals surface area contributed by atoms with Crippen LogP contribution in [0, 0.1) is 5.92 Å². The van der Waals surface area contributed by atoms with Gasteiger partial charge in [0.15, 0.2) is 5.89 Å². The fourth-order valence-electron chi connectivity index (χ4n) is 2.52. The molecule has 1 aliphatic rings. The number of aromatic carboxylic acids is 1. The molecular formula is C14H21NO4. The molecule has 1 N–H and O–H groups in total. The normalized spacial score (nSPS) is 22.2. The number of carboxylic acid groups (broad SMARTS) is 1. The van der Waals surface area contributed by atoms with Gasteiger partial charge in [-0.1, -0.05) is 13.3 Å². The minimum Gasteiger partial charge on any atom is -0.475 e. The molecule has 5 heteroatoms. The van der Waals surface area contributed by atoms with E-state index in [1.165, 1.54) is 0 Å². The number of carbonyl (C=O) groups is 1. The molecule has 1 fully saturated rings. The Labute approximate surface area is 113 Å². The minimum absolute atomic E-state index is 0.0116. The maximum Gasteiger partial charge on any atom is 0.373 e. The number of oxazole rings is 1. The number of hydrogen-bond acceptors (Lipinski definition) is 4. The van der Waals surface area contributed by atoms with Crippen molar-refractivity contribution < 1.29 is 19.1 Å². The number of aryl methyl sites for hydroxylation is 1. The van der Waals surface area contributed by atoms with Crippen molar-refractivity contribution in [3.05, 3.63) is 17.3 Å². The van der Waals surface area contributed by atoms with Crippen molar-refractivity contribution in [2.75, 3.05) is 6.61 Å². The molecule has 19 heavy (non-hydrogen) atoms. The Balaban J connectivity index is 1.94. The van der Waals surface area contributed by atoms with E-state index >= 15 is 0 Å². The van der Waals surface area contributed by atoms with Crippen LogP contribution in [0.1, 0.15) is 55.2 Å². The van der Waals surface area contributed by atoms with Crippen LogP contribution < -0.4 is 0 Å². The minimum atomic E-state index is -1.02. The molecule has 0 aromatic carbocycles. The molecule has 0 atom stereocenters. The molecule has 1 aliphatic carbocycles. The van der Waals surface area contributed by atoms with Gasteiger partial charge in [-0.2, -0.15) is 0 Å². The second-order valence-electron chi connectivity index (χ2n) is 5.06. The van der Waals surface area contributed by atoms with Crippen LogP contribution >= 0.6 is 0 Å². The quantitative estimate of drug-likeness (QED) is 0.822. The van der Waals surface area contributed by atoms with Crippen LogP contribution in [0.2, 0.25) is 0 Å². The zero-order valence-corrected chi connectivity index (χ0v) is 11.5. The lowest BCUT2D eigenvalue weighted by Gasteiger charge is -2.34. The van der Waals surface area contributed by atoms with Gasteiger partial charge in [0.1, 0.15) is 0 Å². The summed E-state index contributed by atoms with van der Waals surface area (Å²) in [4.78, 5) is 15.4. The van der Waals surface area contributed by atoms with Gasteiger partial charge in [-0.3, -0.25) is 0 Å². The molecule has 106 valence electrons. The lowest BCUT2D eigenvalue weighted by Crippen LogP contribution is -2.32. The Hall–Kier alpha value is -1.36. The van der Waals surface area contributed by atoms with E-state index in [0.717, 1.165) is 25.9 Å². The highest BCUT2D eigenvalue weighted by molar-refractivity contribution is 5.85. The molecule has 2 rings (SSSR count). The molecular weight excluding hydrogens is 246 g/mol. The monoisotopic (exact) mass is 267 g/mol. The van der Waals surface area contributed by atoms with Crippen molar-refractivity contribution in [3.63, 3.8) is 0 Å². The van der Waals surface area contributed by atoms with Crippen LogP contribution in [-0.4, -0.2) is 28.8 Å². The van der Waals surface area contributed by atoms with Gasteiger partial charge in [-0.15, -0.1) is 0 Å². The van der Waals surface area contributed by atoms with Crippen LogP contribution in [0.4, 0.5) is 0 Å². The molecule has 1 heterocycles. The molecule has 0 spiro atoms. The molecule has 0 amide bonds. The molecule has 1 aromatic heterocycles. The van der Waals surface area contributed by atoms with Gasteiger partial charge in [0.2, 0.25) is 5.76 Å². The predicted molar refractivity (Wildman–Crippen MR) is 69.3 cm³/mol. The van der Waals surface area contributed by atoms with Crippen LogP contribution in [0.5, 0.6) is 0 Å². The summed E-state index contributed by atoms with van der Waals surface area (Å²) in [5, 5.41) is 9.07. The van der Waals surface area contributed by atoms with Gasteiger partial charge in [-0.05, 0) is 32.1 Å². The Bertz CT molecular complexity index is 435. The van der Waals surface area contributed by atoms with Crippen molar-refractivity contribution in [2.24, 2.45) is 5.92 Å². The number of rotatable bonds is 7. The highest BCUT2D eigenvalue weighted by atomic mass is 16.5. The van der Waals surface area contributed by atoms with Gasteiger partial charge in [0, 0.05) is 13.0 Å². The van der Waals surface area contributed by atoms with Crippen LogP contribution in [0.3, 0.4) is 0 Å². The number of aromatic nitrogens is 1. The maximum atomic E-state index is 11.1. The fraction of sp³-hybridized carbons (Fsp3) is 0.714. The zero-order valence-electron chi connectivity index (χ0n) is 11.5. The summed E-state index contributed by atoms with van der Waals surface area (Å²) in [5.74, 6) is 0.0488. The van der Waals surface area contributed by atoms with E-state index in [9.17, 15) is 4.79 Å². The van der Waals surface area contributed by atoms with E-state index in [2.05, 4.69) is 4.98 Å². The average molecular weight is 267 g/mol. The summed E-state index contributed by atoms with van der Waals surface area (Å²) in [6.45, 7) is 4.75. The smallest absolute Gasteiger partial charge is 0.373 e. The van der Waals surface area contributed by atoms with E-state index in [1.54, 1.807) is 0 Å². The largest absolute Gasteiger partial charge is 0.475 e. The van der Waals surface area contributed by atoms with Gasteiger partial charge < -0.3 is 14.3 Å². The first-order valence-electron chi connectivity index (χ1n) is 6.97. The topological polar surface area (TPSA) is 72.6 Å². The average Bonchev–Trinajstić information content (AvgIpc) is 2.70. The number of ether oxygens (including phenoxy) is 1. The third kappa shape index (κ3) is 3.35. The Morgan fingerprint density at radius 3 is 2.79 bits per heavy atom. The van der Waals surface area contributed by atoms with E-state index in [-0.39, 0.29) is 5.76 Å². The Morgan fingerprint density at radius 1 is 1.47 bits per heavy atom. The van der Waals surface area contributed by atoms with Crippen molar-refractivity contribution in [2.45, 2.75) is 52.1 Å². The Kier molecular flexibility index (Phi) is 4.58. The molecule has 0 bridgehead atoms. The Morgan fingerprint density at radius 2 is 2.21 bits per heavy atom. The number of nitrogens with zero attached hydrogens (tertiary/aromatic N) is 1. The van der Waals surface area contributed by atoms with Crippen LogP contribution in [0.25, 0.3) is 0 Å². The van der Waals surface area contributed by atoms with Crippen molar-refractivity contribution in [1.29, 1.82) is 0 Å². The molecule has 0 unspecified atom stereocenters. The first-order valence-corrected chi connectivity index (χ1v) is 6.97. The van der Waals surface area contributed by atoms with E-state index in [1.807, 2.05) is 13.8 Å². The summed E-state index contributed by atoms with van der Waals surface area (Å²) in [6, 6.07) is 0. The second-order valence-corrected chi connectivity index (χ2v) is 5.06. The van der Waals surface area contributed by atoms with Gasteiger partial charge in [0.05, 0.1) is 11.8 Å². The molecule has 1 aromatic rings. The van der Waals surface area contributed by atoms with Crippen molar-refractivity contribution in [3.8, 4) is 0 Å². The highest BCUT2D eigenvalue weighted by Crippen LogP contribution is 2.33. The number of hydrogen-bond donors (Lipinski definition) is 1. The molecule has 1 saturated carbocycles. The van der Waals surface area contributed by atoms with Crippen LogP contribution in [0.15, 0.2) is 4.42 Å². The van der Waals surface area contributed by atoms with Gasteiger partial charge in [0.25, 0.3) is 0 Å². The summed E-state index contributed by atoms with van der Waals surface area (Å²) in [7, 11) is 0. The standard InChI is InChI=1S/C14H21NO4/c1-3-5-11-13(14(16)17)19-12(15-11)8-9-6-10(7-9)18-4-2/h9-10H,3-8H2,1-2H3,(H,16,17). The zero-order chi connectivity index (χ0) is 13.8. The predicted octanol–water partition coefficient (Wildman–Crippen LogP) is 2.68. The van der Waals surface area contributed by atoms with Gasteiger partial charge >= 0.3 is 5.97 Å². The first kappa shape index (κ1) is 14.1. The summed E-state index contributed by atoms with van der Waals surface area (Å²) in [6.07, 6.45) is 4.62. The number of carboxylic acids is 1. The fourth-order valence-corrected chi connectivity index (χ4v) is 2.52. The van der Waals surface area contributed by atoms with E-state index in [0.29, 0.717) is 36.4 Å². The molecule has 0 aliphatic heterocycles. The molecule has 0 saturated heterocycles. The van der Waals surface area contributed by atoms with E-state index < -0.39 is 5.97 Å². The maximum absolute atomic E-state index is 11.1. The lowest BCUT2D eigenvalue weighted by atomic mass is 9.80. The van der Waals surface area contributed by atoms with Gasteiger partial charge in [-0.25, -0.2) is 9.78 Å². The second kappa shape index (κ2) is 6.19. The summed E-state index contributed by atoms with van der Waals surface area (Å²) >= 11 is 0.